The Labute approximate surface area is 170 Å². The number of carbonyl (C=O) groups excluding carboxylic acids is 5. The Kier molecular flexibility index (Phi) is 9.32. The summed E-state index contributed by atoms with van der Waals surface area (Å²) in [6, 6.07) is 0. The van der Waals surface area contributed by atoms with Gasteiger partial charge in [-0.2, -0.15) is 0 Å². The standard InChI is InChI=1S/C16H22N4O10/c1-7(21)26-6-12(27-8(2)22)13(28-9(3)23)14(29-10(4)24)15(30-11(5)25)16-17-19-20-18-16/h12-15H,6H2,1-5H3,(H,17,18,19,20)/t12-,13+,14+,15-/m0/s1. The Morgan fingerprint density at radius 3 is 1.73 bits per heavy atom. The molecule has 0 aliphatic rings. The Hall–Kier alpha value is -3.58. The fourth-order valence-electron chi connectivity index (χ4n) is 2.39. The van der Waals surface area contributed by atoms with Gasteiger partial charge in [0.15, 0.2) is 24.1 Å². The van der Waals surface area contributed by atoms with Crippen LogP contribution in [-0.4, -0.2) is 75.4 Å². The van der Waals surface area contributed by atoms with E-state index in [-0.39, 0.29) is 5.82 Å². The molecule has 30 heavy (non-hydrogen) atoms. The molecule has 0 aliphatic carbocycles. The summed E-state index contributed by atoms with van der Waals surface area (Å²) in [6.45, 7) is 4.80. The van der Waals surface area contributed by atoms with Crippen LogP contribution >= 0.6 is 0 Å². The molecule has 1 heterocycles. The minimum atomic E-state index is -1.58. The van der Waals surface area contributed by atoms with Crippen molar-refractivity contribution in [2.45, 2.75) is 59.0 Å². The number of nitrogens with one attached hydrogen (secondary N) is 1. The smallest absolute Gasteiger partial charge is 0.303 e. The summed E-state index contributed by atoms with van der Waals surface area (Å²) in [5.74, 6) is -4.18. The highest BCUT2D eigenvalue weighted by atomic mass is 16.6. The lowest BCUT2D eigenvalue weighted by molar-refractivity contribution is -0.204. The molecule has 0 unspecified atom stereocenters. The van der Waals surface area contributed by atoms with Crippen molar-refractivity contribution < 1.29 is 47.7 Å². The zero-order valence-electron chi connectivity index (χ0n) is 16.9. The summed E-state index contributed by atoms with van der Waals surface area (Å²) >= 11 is 0. The first-order valence-electron chi connectivity index (χ1n) is 8.57. The molecule has 0 bridgehead atoms. The van der Waals surface area contributed by atoms with Gasteiger partial charge < -0.3 is 23.7 Å². The predicted molar refractivity (Wildman–Crippen MR) is 92.0 cm³/mol. The van der Waals surface area contributed by atoms with Crippen molar-refractivity contribution >= 4 is 29.8 Å². The molecule has 0 saturated heterocycles. The van der Waals surface area contributed by atoms with Crippen LogP contribution < -0.4 is 0 Å². The van der Waals surface area contributed by atoms with E-state index >= 15 is 0 Å². The van der Waals surface area contributed by atoms with E-state index in [2.05, 4.69) is 20.6 Å². The highest BCUT2D eigenvalue weighted by Gasteiger charge is 2.45. The van der Waals surface area contributed by atoms with Gasteiger partial charge in [0.05, 0.1) is 0 Å². The van der Waals surface area contributed by atoms with Crippen LogP contribution in [0.4, 0.5) is 0 Å². The molecule has 0 fully saturated rings. The third-order valence-corrected chi connectivity index (χ3v) is 3.29. The SMILES string of the molecule is CC(=O)OC[C@H](OC(C)=O)[C@@H](OC(C)=O)[C@@H](OC(C)=O)[C@H](OC(C)=O)c1nnn[nH]1. The van der Waals surface area contributed by atoms with E-state index in [0.717, 1.165) is 34.6 Å². The molecule has 0 radical (unpaired) electrons. The third-order valence-electron chi connectivity index (χ3n) is 3.29. The minimum absolute atomic E-state index is 0.150. The zero-order chi connectivity index (χ0) is 22.8. The molecule has 166 valence electrons. The average molecular weight is 430 g/mol. The normalized spacial score (nSPS) is 14.4. The number of esters is 5. The fourth-order valence-corrected chi connectivity index (χ4v) is 2.39. The minimum Gasteiger partial charge on any atom is -0.462 e. The van der Waals surface area contributed by atoms with Gasteiger partial charge in [0.2, 0.25) is 6.10 Å². The van der Waals surface area contributed by atoms with Crippen molar-refractivity contribution in [1.29, 1.82) is 0 Å². The Bertz CT molecular complexity index is 766. The molecule has 14 heteroatoms. The second-order valence-electron chi connectivity index (χ2n) is 5.92. The summed E-state index contributed by atoms with van der Waals surface area (Å²) in [6.07, 6.45) is -6.05. The summed E-state index contributed by atoms with van der Waals surface area (Å²) < 4.78 is 25.6. The van der Waals surface area contributed by atoms with Gasteiger partial charge in [-0.25, -0.2) is 5.10 Å². The van der Waals surface area contributed by atoms with Crippen molar-refractivity contribution in [2.24, 2.45) is 0 Å². The molecule has 0 spiro atoms. The van der Waals surface area contributed by atoms with E-state index in [1.165, 1.54) is 0 Å². The highest BCUT2D eigenvalue weighted by molar-refractivity contribution is 5.69. The molecule has 0 aromatic carbocycles. The molecule has 1 N–H and O–H groups in total. The largest absolute Gasteiger partial charge is 0.462 e. The molecule has 1 aromatic heterocycles. The molecular formula is C16H22N4O10. The van der Waals surface area contributed by atoms with Gasteiger partial charge in [0.1, 0.15) is 6.61 Å². The molecular weight excluding hydrogens is 408 g/mol. The van der Waals surface area contributed by atoms with Crippen molar-refractivity contribution in [3.8, 4) is 0 Å². The lowest BCUT2D eigenvalue weighted by Crippen LogP contribution is -2.50. The van der Waals surface area contributed by atoms with E-state index < -0.39 is 60.9 Å². The van der Waals surface area contributed by atoms with Gasteiger partial charge >= 0.3 is 29.8 Å². The first-order chi connectivity index (χ1) is 14.0. The molecule has 4 atom stereocenters. The average Bonchev–Trinajstić information content (AvgIpc) is 3.13. The molecule has 0 amide bonds. The van der Waals surface area contributed by atoms with E-state index in [0.29, 0.717) is 0 Å². The maximum atomic E-state index is 11.8. The van der Waals surface area contributed by atoms with Gasteiger partial charge in [-0.1, -0.05) is 0 Å². The predicted octanol–water partition coefficient (Wildman–Crippen LogP) is -0.838. The Morgan fingerprint density at radius 2 is 1.30 bits per heavy atom. The summed E-state index contributed by atoms with van der Waals surface area (Å²) in [5, 5.41) is 12.7. The topological polar surface area (TPSA) is 186 Å². The summed E-state index contributed by atoms with van der Waals surface area (Å²) in [5.41, 5.74) is 0. The number of tetrazole rings is 1. The number of hydrogen-bond donors (Lipinski definition) is 1. The van der Waals surface area contributed by atoms with Gasteiger partial charge in [0, 0.05) is 34.6 Å². The van der Waals surface area contributed by atoms with Crippen LogP contribution in [-0.2, 0) is 47.7 Å². The maximum absolute atomic E-state index is 11.8. The van der Waals surface area contributed by atoms with Gasteiger partial charge in [0.25, 0.3) is 0 Å². The quantitative estimate of drug-likeness (QED) is 0.358. The highest BCUT2D eigenvalue weighted by Crippen LogP contribution is 2.28. The first kappa shape index (κ1) is 24.5. The van der Waals surface area contributed by atoms with Crippen LogP contribution in [0.15, 0.2) is 0 Å². The van der Waals surface area contributed by atoms with Crippen LogP contribution in [0.3, 0.4) is 0 Å². The lowest BCUT2D eigenvalue weighted by atomic mass is 10.0. The number of ether oxygens (including phenoxy) is 5. The van der Waals surface area contributed by atoms with Crippen molar-refractivity contribution in [3.63, 3.8) is 0 Å². The molecule has 14 nitrogen and oxygen atoms in total. The van der Waals surface area contributed by atoms with Crippen LogP contribution in [0.1, 0.15) is 46.5 Å². The maximum Gasteiger partial charge on any atom is 0.303 e. The second kappa shape index (κ2) is 11.4. The molecule has 1 aromatic rings. The number of rotatable bonds is 10. The molecule has 0 saturated carbocycles. The molecule has 1 rings (SSSR count). The van der Waals surface area contributed by atoms with E-state index in [4.69, 9.17) is 23.7 Å². The number of H-pyrrole nitrogens is 1. The number of aromatic amines is 1. The van der Waals surface area contributed by atoms with Gasteiger partial charge in [-0.05, 0) is 10.4 Å². The summed E-state index contributed by atoms with van der Waals surface area (Å²) in [4.78, 5) is 57.9. The first-order valence-corrected chi connectivity index (χ1v) is 8.57. The number of nitrogens with zero attached hydrogens (tertiary/aromatic N) is 3. The van der Waals surface area contributed by atoms with Crippen molar-refractivity contribution in [2.75, 3.05) is 6.61 Å². The number of carbonyl (C=O) groups is 5. The Balaban J connectivity index is 3.47. The number of aromatic nitrogens is 4. The van der Waals surface area contributed by atoms with Crippen molar-refractivity contribution in [1.82, 2.24) is 20.6 Å². The van der Waals surface area contributed by atoms with Crippen LogP contribution in [0.5, 0.6) is 0 Å². The summed E-state index contributed by atoms with van der Waals surface area (Å²) in [7, 11) is 0. The van der Waals surface area contributed by atoms with Gasteiger partial charge in [-0.3, -0.25) is 24.0 Å². The molecule has 0 aliphatic heterocycles. The van der Waals surface area contributed by atoms with Crippen LogP contribution in [0.2, 0.25) is 0 Å². The van der Waals surface area contributed by atoms with Gasteiger partial charge in [-0.15, -0.1) is 5.10 Å². The van der Waals surface area contributed by atoms with Crippen molar-refractivity contribution in [3.05, 3.63) is 5.82 Å². The van der Waals surface area contributed by atoms with Crippen LogP contribution in [0, 0.1) is 0 Å². The lowest BCUT2D eigenvalue weighted by Gasteiger charge is -2.34. The third kappa shape index (κ3) is 8.20. The monoisotopic (exact) mass is 430 g/mol. The number of hydrogen-bond acceptors (Lipinski definition) is 13. The van der Waals surface area contributed by atoms with Crippen LogP contribution in [0.25, 0.3) is 0 Å². The Morgan fingerprint density at radius 1 is 0.767 bits per heavy atom. The zero-order valence-corrected chi connectivity index (χ0v) is 16.9. The fraction of sp³-hybridized carbons (Fsp3) is 0.625. The van der Waals surface area contributed by atoms with E-state index in [9.17, 15) is 24.0 Å². The van der Waals surface area contributed by atoms with E-state index in [1.54, 1.807) is 0 Å². The van der Waals surface area contributed by atoms with E-state index in [1.807, 2.05) is 0 Å². The second-order valence-corrected chi connectivity index (χ2v) is 5.92.